The number of rotatable bonds is 3. The molecule has 1 atom stereocenters. The number of nitrogens with one attached hydrogen (secondary N) is 1. The number of hydrogen-bond acceptors (Lipinski definition) is 3. The van der Waals surface area contributed by atoms with E-state index in [9.17, 15) is 4.39 Å². The lowest BCUT2D eigenvalue weighted by atomic mass is 10.1. The average molecular weight is 256 g/mol. The highest BCUT2D eigenvalue weighted by molar-refractivity contribution is 5.43. The number of benzene rings is 1. The Morgan fingerprint density at radius 2 is 1.95 bits per heavy atom. The van der Waals surface area contributed by atoms with E-state index < -0.39 is 0 Å². The first-order valence-corrected chi connectivity index (χ1v) is 6.06. The van der Waals surface area contributed by atoms with Crippen LogP contribution in [0.5, 0.6) is 0 Å². The van der Waals surface area contributed by atoms with Gasteiger partial charge in [-0.2, -0.15) is 4.98 Å². The van der Waals surface area contributed by atoms with Crippen LogP contribution in [0.4, 0.5) is 10.3 Å². The Morgan fingerprint density at radius 1 is 1.16 bits per heavy atom. The quantitative estimate of drug-likeness (QED) is 0.783. The van der Waals surface area contributed by atoms with Crippen LogP contribution in [-0.4, -0.2) is 14.6 Å². The summed E-state index contributed by atoms with van der Waals surface area (Å²) in [6.07, 6.45) is 1.84. The summed E-state index contributed by atoms with van der Waals surface area (Å²) >= 11 is 0. The third kappa shape index (κ3) is 2.40. The molecule has 0 fully saturated rings. The minimum absolute atomic E-state index is 0.0120. The van der Waals surface area contributed by atoms with E-state index in [1.165, 1.54) is 12.1 Å². The zero-order chi connectivity index (χ0) is 13.2. The molecule has 0 radical (unpaired) electrons. The van der Waals surface area contributed by atoms with Gasteiger partial charge in [-0.05, 0) is 36.8 Å². The van der Waals surface area contributed by atoms with E-state index in [2.05, 4.69) is 15.4 Å². The van der Waals surface area contributed by atoms with Crippen molar-refractivity contribution < 1.29 is 4.39 Å². The summed E-state index contributed by atoms with van der Waals surface area (Å²) in [7, 11) is 0. The van der Waals surface area contributed by atoms with Gasteiger partial charge >= 0.3 is 0 Å². The molecule has 3 rings (SSSR count). The second-order valence-corrected chi connectivity index (χ2v) is 4.36. The van der Waals surface area contributed by atoms with Crippen LogP contribution in [0.2, 0.25) is 0 Å². The van der Waals surface area contributed by atoms with E-state index in [1.54, 1.807) is 16.6 Å². The van der Waals surface area contributed by atoms with Gasteiger partial charge in [0.2, 0.25) is 5.95 Å². The Morgan fingerprint density at radius 3 is 2.68 bits per heavy atom. The fourth-order valence-electron chi connectivity index (χ4n) is 1.92. The normalized spacial score (nSPS) is 12.5. The second kappa shape index (κ2) is 4.68. The Bertz CT molecular complexity index is 657. The van der Waals surface area contributed by atoms with Crippen LogP contribution in [0.15, 0.2) is 48.7 Å². The monoisotopic (exact) mass is 256 g/mol. The topological polar surface area (TPSA) is 42.2 Å². The zero-order valence-corrected chi connectivity index (χ0v) is 10.4. The van der Waals surface area contributed by atoms with Crippen molar-refractivity contribution in [2.24, 2.45) is 0 Å². The number of nitrogens with zero attached hydrogens (tertiary/aromatic N) is 3. The molecule has 1 N–H and O–H groups in total. The van der Waals surface area contributed by atoms with Crippen molar-refractivity contribution in [3.63, 3.8) is 0 Å². The molecule has 0 bridgehead atoms. The van der Waals surface area contributed by atoms with Crippen molar-refractivity contribution in [1.29, 1.82) is 0 Å². The van der Waals surface area contributed by atoms with E-state index in [0.717, 1.165) is 11.2 Å². The molecule has 0 aliphatic heterocycles. The molecule has 0 aliphatic carbocycles. The Kier molecular flexibility index (Phi) is 2.87. The highest BCUT2D eigenvalue weighted by Gasteiger charge is 2.09. The van der Waals surface area contributed by atoms with Crippen LogP contribution in [0, 0.1) is 5.82 Å². The first-order chi connectivity index (χ1) is 9.22. The van der Waals surface area contributed by atoms with E-state index in [4.69, 9.17) is 0 Å². The molecule has 0 spiro atoms. The lowest BCUT2D eigenvalue weighted by Crippen LogP contribution is -2.07. The molecule has 0 amide bonds. The average Bonchev–Trinajstić information content (AvgIpc) is 2.81. The molecule has 2 aromatic heterocycles. The number of pyridine rings is 1. The first-order valence-electron chi connectivity index (χ1n) is 6.06. The Labute approximate surface area is 109 Å². The molecular weight excluding hydrogens is 243 g/mol. The number of aromatic nitrogens is 3. The molecule has 5 heteroatoms. The smallest absolute Gasteiger partial charge is 0.243 e. The predicted octanol–water partition coefficient (Wildman–Crippen LogP) is 3.04. The van der Waals surface area contributed by atoms with Crippen molar-refractivity contribution in [2.45, 2.75) is 13.0 Å². The number of hydrogen-bond donors (Lipinski definition) is 1. The van der Waals surface area contributed by atoms with Crippen molar-refractivity contribution >= 4 is 11.6 Å². The van der Waals surface area contributed by atoms with Gasteiger partial charge in [0.1, 0.15) is 5.82 Å². The SMILES string of the molecule is CC(Nc1nc2ccccn2n1)c1ccc(F)cc1. The summed E-state index contributed by atoms with van der Waals surface area (Å²) in [5, 5.41) is 7.52. The number of fused-ring (bicyclic) bond motifs is 1. The molecule has 19 heavy (non-hydrogen) atoms. The molecule has 0 aliphatic rings. The largest absolute Gasteiger partial charge is 0.346 e. The molecule has 96 valence electrons. The van der Waals surface area contributed by atoms with Gasteiger partial charge in [-0.1, -0.05) is 18.2 Å². The van der Waals surface area contributed by atoms with Crippen molar-refractivity contribution in [1.82, 2.24) is 14.6 Å². The standard InChI is InChI=1S/C14H13FN4/c1-10(11-5-7-12(15)8-6-11)16-14-17-13-4-2-3-9-19(13)18-14/h2-10H,1H3,(H,16,18). The van der Waals surface area contributed by atoms with E-state index in [1.807, 2.05) is 31.3 Å². The predicted molar refractivity (Wildman–Crippen MR) is 71.4 cm³/mol. The minimum Gasteiger partial charge on any atom is -0.346 e. The molecular formula is C14H13FN4. The lowest BCUT2D eigenvalue weighted by molar-refractivity contribution is 0.626. The molecule has 1 aromatic carbocycles. The fraction of sp³-hybridized carbons (Fsp3) is 0.143. The van der Waals surface area contributed by atoms with Gasteiger partial charge < -0.3 is 5.32 Å². The zero-order valence-electron chi connectivity index (χ0n) is 10.4. The van der Waals surface area contributed by atoms with Gasteiger partial charge in [0.05, 0.1) is 6.04 Å². The van der Waals surface area contributed by atoms with Gasteiger partial charge in [0.25, 0.3) is 0 Å². The van der Waals surface area contributed by atoms with Crippen LogP contribution in [-0.2, 0) is 0 Å². The fourth-order valence-corrected chi connectivity index (χ4v) is 1.92. The van der Waals surface area contributed by atoms with Gasteiger partial charge in [0, 0.05) is 6.20 Å². The lowest BCUT2D eigenvalue weighted by Gasteiger charge is -2.12. The molecule has 2 heterocycles. The summed E-state index contributed by atoms with van der Waals surface area (Å²) in [6, 6.07) is 12.1. The van der Waals surface area contributed by atoms with Crippen LogP contribution < -0.4 is 5.32 Å². The molecule has 1 unspecified atom stereocenters. The number of halogens is 1. The van der Waals surface area contributed by atoms with E-state index >= 15 is 0 Å². The van der Waals surface area contributed by atoms with Crippen LogP contribution in [0.3, 0.4) is 0 Å². The second-order valence-electron chi connectivity index (χ2n) is 4.36. The minimum atomic E-state index is -0.234. The molecule has 4 nitrogen and oxygen atoms in total. The first kappa shape index (κ1) is 11.6. The Hall–Kier alpha value is -2.43. The molecule has 0 saturated carbocycles. The van der Waals surface area contributed by atoms with Crippen molar-refractivity contribution in [3.05, 3.63) is 60.0 Å². The van der Waals surface area contributed by atoms with Crippen molar-refractivity contribution in [3.8, 4) is 0 Å². The summed E-state index contributed by atoms with van der Waals surface area (Å²) in [5.41, 5.74) is 1.77. The van der Waals surface area contributed by atoms with Gasteiger partial charge in [-0.3, -0.25) is 0 Å². The third-order valence-corrected chi connectivity index (χ3v) is 2.96. The Balaban J connectivity index is 1.82. The van der Waals surface area contributed by atoms with Gasteiger partial charge in [-0.25, -0.2) is 8.91 Å². The van der Waals surface area contributed by atoms with E-state index in [0.29, 0.717) is 5.95 Å². The summed E-state index contributed by atoms with van der Waals surface area (Å²) in [5.74, 6) is 0.324. The summed E-state index contributed by atoms with van der Waals surface area (Å²) < 4.78 is 14.6. The van der Waals surface area contributed by atoms with Crippen LogP contribution >= 0.6 is 0 Å². The summed E-state index contributed by atoms with van der Waals surface area (Å²) in [4.78, 5) is 4.36. The number of anilines is 1. The van der Waals surface area contributed by atoms with E-state index in [-0.39, 0.29) is 11.9 Å². The van der Waals surface area contributed by atoms with Gasteiger partial charge in [-0.15, -0.1) is 5.10 Å². The molecule has 3 aromatic rings. The van der Waals surface area contributed by atoms with Crippen LogP contribution in [0.25, 0.3) is 5.65 Å². The highest BCUT2D eigenvalue weighted by Crippen LogP contribution is 2.17. The maximum absolute atomic E-state index is 12.9. The molecule has 0 saturated heterocycles. The van der Waals surface area contributed by atoms with Crippen molar-refractivity contribution in [2.75, 3.05) is 5.32 Å². The summed E-state index contributed by atoms with van der Waals surface area (Å²) in [6.45, 7) is 1.99. The van der Waals surface area contributed by atoms with Gasteiger partial charge in [0.15, 0.2) is 5.65 Å². The maximum atomic E-state index is 12.9. The highest BCUT2D eigenvalue weighted by atomic mass is 19.1. The maximum Gasteiger partial charge on any atom is 0.243 e. The third-order valence-electron chi connectivity index (χ3n) is 2.96. The van der Waals surface area contributed by atoms with Crippen LogP contribution in [0.1, 0.15) is 18.5 Å².